The van der Waals surface area contributed by atoms with E-state index in [1.807, 2.05) is 0 Å². The van der Waals surface area contributed by atoms with Gasteiger partial charge in [-0.2, -0.15) is 0 Å². The van der Waals surface area contributed by atoms with Crippen LogP contribution >= 0.6 is 0 Å². The molecule has 2 aromatic carbocycles. The van der Waals surface area contributed by atoms with Gasteiger partial charge in [-0.15, -0.1) is 0 Å². The fraction of sp³-hybridized carbons (Fsp3) is 0.111. The van der Waals surface area contributed by atoms with Gasteiger partial charge in [-0.25, -0.2) is 4.39 Å². The molecule has 23 heavy (non-hydrogen) atoms. The number of halogens is 1. The van der Waals surface area contributed by atoms with Crippen LogP contribution in [0.1, 0.15) is 17.2 Å². The number of Topliss-reactive ketones (excluding diaryl/α,β-unsaturated/α-hetero) is 1. The van der Waals surface area contributed by atoms with E-state index in [4.69, 9.17) is 0 Å². The van der Waals surface area contributed by atoms with Crippen LogP contribution in [0.5, 0.6) is 0 Å². The SMILES string of the molecule is CN1C(=O)C(=O)/C(=C(/O)c2ccccc2)[C@@H]1c1ccccc1F. The van der Waals surface area contributed by atoms with Gasteiger partial charge >= 0.3 is 0 Å². The Hall–Kier alpha value is -2.95. The Morgan fingerprint density at radius 3 is 2.30 bits per heavy atom. The summed E-state index contributed by atoms with van der Waals surface area (Å²) in [6, 6.07) is 13.4. The van der Waals surface area contributed by atoms with Crippen molar-refractivity contribution in [2.45, 2.75) is 6.04 Å². The van der Waals surface area contributed by atoms with E-state index < -0.39 is 23.5 Å². The van der Waals surface area contributed by atoms with Crippen molar-refractivity contribution in [1.82, 2.24) is 4.90 Å². The Bertz CT molecular complexity index is 814. The Morgan fingerprint density at radius 2 is 1.65 bits per heavy atom. The summed E-state index contributed by atoms with van der Waals surface area (Å²) in [5.41, 5.74) is 0.473. The van der Waals surface area contributed by atoms with Gasteiger partial charge in [-0.3, -0.25) is 9.59 Å². The summed E-state index contributed by atoms with van der Waals surface area (Å²) < 4.78 is 14.2. The predicted molar refractivity (Wildman–Crippen MR) is 82.9 cm³/mol. The number of aliphatic hydroxyl groups is 1. The first-order chi connectivity index (χ1) is 11.0. The molecular weight excluding hydrogens is 297 g/mol. The molecule has 0 bridgehead atoms. The number of hydrogen-bond acceptors (Lipinski definition) is 3. The number of nitrogens with zero attached hydrogens (tertiary/aromatic N) is 1. The van der Waals surface area contributed by atoms with Crippen LogP contribution in [0.3, 0.4) is 0 Å². The average Bonchev–Trinajstić information content (AvgIpc) is 2.80. The van der Waals surface area contributed by atoms with E-state index >= 15 is 0 Å². The lowest BCUT2D eigenvalue weighted by molar-refractivity contribution is -0.139. The summed E-state index contributed by atoms with van der Waals surface area (Å²) in [6.07, 6.45) is 0. The first kappa shape index (κ1) is 15.0. The number of carbonyl (C=O) groups is 2. The number of rotatable bonds is 2. The van der Waals surface area contributed by atoms with Crippen molar-refractivity contribution < 1.29 is 19.1 Å². The molecule has 0 spiro atoms. The Balaban J connectivity index is 2.22. The molecule has 1 heterocycles. The van der Waals surface area contributed by atoms with Gasteiger partial charge in [0.1, 0.15) is 11.6 Å². The molecule has 0 aliphatic carbocycles. The van der Waals surface area contributed by atoms with Gasteiger partial charge < -0.3 is 10.0 Å². The molecule has 0 radical (unpaired) electrons. The van der Waals surface area contributed by atoms with Crippen molar-refractivity contribution in [1.29, 1.82) is 0 Å². The summed E-state index contributed by atoms with van der Waals surface area (Å²) in [4.78, 5) is 25.5. The maximum atomic E-state index is 14.2. The second kappa shape index (κ2) is 5.68. The maximum absolute atomic E-state index is 14.2. The molecule has 0 unspecified atom stereocenters. The molecular formula is C18H14FNO3. The Labute approximate surface area is 132 Å². The van der Waals surface area contributed by atoms with Crippen molar-refractivity contribution >= 4 is 17.4 Å². The van der Waals surface area contributed by atoms with Crippen molar-refractivity contribution in [3.8, 4) is 0 Å². The lowest BCUT2D eigenvalue weighted by Crippen LogP contribution is -2.25. The van der Waals surface area contributed by atoms with E-state index in [1.165, 1.54) is 25.2 Å². The highest BCUT2D eigenvalue weighted by molar-refractivity contribution is 6.46. The van der Waals surface area contributed by atoms with E-state index in [0.717, 1.165) is 4.90 Å². The lowest BCUT2D eigenvalue weighted by atomic mass is 9.95. The second-order valence-corrected chi connectivity index (χ2v) is 5.30. The van der Waals surface area contributed by atoms with E-state index in [1.54, 1.807) is 36.4 Å². The van der Waals surface area contributed by atoms with Gasteiger partial charge in [-0.05, 0) is 6.07 Å². The third kappa shape index (κ3) is 2.40. The molecule has 2 aromatic rings. The van der Waals surface area contributed by atoms with Crippen molar-refractivity contribution in [3.63, 3.8) is 0 Å². The quantitative estimate of drug-likeness (QED) is 0.527. The third-order valence-electron chi connectivity index (χ3n) is 3.92. The monoisotopic (exact) mass is 311 g/mol. The molecule has 116 valence electrons. The smallest absolute Gasteiger partial charge is 0.295 e. The van der Waals surface area contributed by atoms with Crippen molar-refractivity contribution in [2.75, 3.05) is 7.05 Å². The van der Waals surface area contributed by atoms with Crippen LogP contribution in [0.15, 0.2) is 60.2 Å². The lowest BCUT2D eigenvalue weighted by Gasteiger charge is -2.21. The van der Waals surface area contributed by atoms with Crippen LogP contribution in [-0.4, -0.2) is 28.7 Å². The molecule has 1 atom stereocenters. The van der Waals surface area contributed by atoms with E-state index in [0.29, 0.717) is 5.56 Å². The molecule has 1 fully saturated rings. The molecule has 1 aliphatic heterocycles. The molecule has 3 rings (SSSR count). The normalized spacial score (nSPS) is 20.1. The zero-order chi connectivity index (χ0) is 16.6. The highest BCUT2D eigenvalue weighted by atomic mass is 19.1. The summed E-state index contributed by atoms with van der Waals surface area (Å²) in [6.45, 7) is 0. The minimum absolute atomic E-state index is 0.103. The van der Waals surface area contributed by atoms with E-state index in [2.05, 4.69) is 0 Å². The van der Waals surface area contributed by atoms with Crippen LogP contribution in [0.25, 0.3) is 5.76 Å². The highest BCUT2D eigenvalue weighted by Crippen LogP contribution is 2.39. The number of benzene rings is 2. The molecule has 0 aromatic heterocycles. The fourth-order valence-electron chi connectivity index (χ4n) is 2.76. The van der Waals surface area contributed by atoms with Crippen LogP contribution in [0.4, 0.5) is 4.39 Å². The summed E-state index contributed by atoms with van der Waals surface area (Å²) in [7, 11) is 1.42. The predicted octanol–water partition coefficient (Wildman–Crippen LogP) is 2.88. The van der Waals surface area contributed by atoms with Crippen LogP contribution < -0.4 is 0 Å². The molecule has 1 aliphatic rings. The van der Waals surface area contributed by atoms with Gasteiger partial charge in [0.2, 0.25) is 0 Å². The third-order valence-corrected chi connectivity index (χ3v) is 3.92. The number of amides is 1. The van der Waals surface area contributed by atoms with Crippen molar-refractivity contribution in [3.05, 3.63) is 77.1 Å². The molecule has 0 saturated carbocycles. The fourth-order valence-corrected chi connectivity index (χ4v) is 2.76. The summed E-state index contributed by atoms with van der Waals surface area (Å²) >= 11 is 0. The van der Waals surface area contributed by atoms with Crippen LogP contribution in [-0.2, 0) is 9.59 Å². The minimum atomic E-state index is -0.948. The summed E-state index contributed by atoms with van der Waals surface area (Å²) in [5, 5.41) is 10.5. The Morgan fingerprint density at radius 1 is 1.04 bits per heavy atom. The zero-order valence-electron chi connectivity index (χ0n) is 12.4. The van der Waals surface area contributed by atoms with Gasteiger partial charge in [0.15, 0.2) is 0 Å². The van der Waals surface area contributed by atoms with E-state index in [-0.39, 0.29) is 16.9 Å². The first-order valence-electron chi connectivity index (χ1n) is 7.07. The van der Waals surface area contributed by atoms with Gasteiger partial charge in [0, 0.05) is 18.2 Å². The topological polar surface area (TPSA) is 57.6 Å². The standard InChI is InChI=1S/C18H14FNO3/c1-20-15(12-9-5-6-10-13(12)19)14(17(22)18(20)23)16(21)11-7-3-2-4-8-11/h2-10,15,21H,1H3/b16-14+/t15-/m0/s1. The molecule has 4 nitrogen and oxygen atoms in total. The van der Waals surface area contributed by atoms with Gasteiger partial charge in [0.05, 0.1) is 11.6 Å². The number of carbonyl (C=O) groups excluding carboxylic acids is 2. The number of hydrogen-bond donors (Lipinski definition) is 1. The average molecular weight is 311 g/mol. The molecule has 1 N–H and O–H groups in total. The molecule has 5 heteroatoms. The number of likely N-dealkylation sites (N-methyl/N-ethyl adjacent to an activating group) is 1. The van der Waals surface area contributed by atoms with Crippen LogP contribution in [0.2, 0.25) is 0 Å². The zero-order valence-corrected chi connectivity index (χ0v) is 12.4. The second-order valence-electron chi connectivity index (χ2n) is 5.30. The van der Waals surface area contributed by atoms with E-state index in [9.17, 15) is 19.1 Å². The van der Waals surface area contributed by atoms with Crippen molar-refractivity contribution in [2.24, 2.45) is 0 Å². The number of likely N-dealkylation sites (tertiary alicyclic amines) is 1. The molecule has 1 saturated heterocycles. The number of ketones is 1. The molecule has 1 amide bonds. The van der Waals surface area contributed by atoms with Gasteiger partial charge in [0.25, 0.3) is 11.7 Å². The van der Waals surface area contributed by atoms with Gasteiger partial charge in [-0.1, -0.05) is 48.5 Å². The minimum Gasteiger partial charge on any atom is -0.507 e. The largest absolute Gasteiger partial charge is 0.507 e. The highest BCUT2D eigenvalue weighted by Gasteiger charge is 2.45. The Kier molecular flexibility index (Phi) is 3.70. The maximum Gasteiger partial charge on any atom is 0.295 e. The van der Waals surface area contributed by atoms with Crippen LogP contribution in [0, 0.1) is 5.82 Å². The summed E-state index contributed by atoms with van der Waals surface area (Å²) in [5.74, 6) is -2.43. The first-order valence-corrected chi connectivity index (χ1v) is 7.07. The number of aliphatic hydroxyl groups excluding tert-OH is 1.